The first-order chi connectivity index (χ1) is 9.19. The third-order valence-corrected chi connectivity index (χ3v) is 2.71. The van der Waals surface area contributed by atoms with E-state index in [1.165, 1.54) is 0 Å². The lowest BCUT2D eigenvalue weighted by Crippen LogP contribution is -2.13. The molecule has 1 amide bonds. The molecule has 0 unspecified atom stereocenters. The minimum absolute atomic E-state index is 0.116. The lowest BCUT2D eigenvalue weighted by atomic mass is 10.1. The normalized spacial score (nSPS) is 10.2. The molecule has 6 nitrogen and oxygen atoms in total. The molecule has 0 saturated heterocycles. The van der Waals surface area contributed by atoms with Crippen molar-refractivity contribution in [3.05, 3.63) is 35.5 Å². The molecule has 100 valence electrons. The molecule has 0 fully saturated rings. The van der Waals surface area contributed by atoms with Crippen LogP contribution in [0.4, 0.5) is 5.82 Å². The molecule has 0 saturated carbocycles. The number of rotatable bonds is 5. The molecule has 6 heteroatoms. The number of nitrogens with one attached hydrogen (secondary N) is 1. The van der Waals surface area contributed by atoms with Crippen molar-refractivity contribution in [2.24, 2.45) is 0 Å². The maximum absolute atomic E-state index is 11.7. The second kappa shape index (κ2) is 5.99. The van der Waals surface area contributed by atoms with Gasteiger partial charge in [-0.3, -0.25) is 4.79 Å². The minimum atomic E-state index is -0.116. The van der Waals surface area contributed by atoms with Crippen LogP contribution in [0.3, 0.4) is 0 Å². The smallest absolute Gasteiger partial charge is 0.225 e. The number of aromatic nitrogens is 2. The van der Waals surface area contributed by atoms with Gasteiger partial charge in [0.1, 0.15) is 11.4 Å². The van der Waals surface area contributed by atoms with Crippen molar-refractivity contribution in [2.45, 2.75) is 19.8 Å². The fourth-order valence-electron chi connectivity index (χ4n) is 1.59. The maximum Gasteiger partial charge on any atom is 0.225 e. The summed E-state index contributed by atoms with van der Waals surface area (Å²) >= 11 is 0. The Kier molecular flexibility index (Phi) is 4.12. The van der Waals surface area contributed by atoms with E-state index in [1.807, 2.05) is 24.3 Å². The number of methoxy groups -OCH3 is 1. The number of nitrogens with zero attached hydrogens (tertiary/aromatic N) is 2. The quantitative estimate of drug-likeness (QED) is 0.890. The van der Waals surface area contributed by atoms with Crippen molar-refractivity contribution in [3.8, 4) is 5.75 Å². The highest BCUT2D eigenvalue weighted by Gasteiger charge is 2.09. The van der Waals surface area contributed by atoms with E-state index in [9.17, 15) is 4.79 Å². The summed E-state index contributed by atoms with van der Waals surface area (Å²) in [6.07, 6.45) is 1.03. The van der Waals surface area contributed by atoms with Crippen LogP contribution in [0.15, 0.2) is 28.9 Å². The van der Waals surface area contributed by atoms with Gasteiger partial charge in [-0.05, 0) is 36.2 Å². The molecule has 0 aliphatic carbocycles. The Morgan fingerprint density at radius 1 is 1.32 bits per heavy atom. The molecule has 0 radical (unpaired) electrons. The Labute approximate surface area is 110 Å². The predicted octanol–water partition coefficient (Wildman–Crippen LogP) is 1.96. The molecule has 1 N–H and O–H groups in total. The molecule has 0 spiro atoms. The fourth-order valence-corrected chi connectivity index (χ4v) is 1.59. The average Bonchev–Trinajstić information content (AvgIpc) is 2.82. The van der Waals surface area contributed by atoms with Crippen LogP contribution in [0.2, 0.25) is 0 Å². The largest absolute Gasteiger partial charge is 0.497 e. The van der Waals surface area contributed by atoms with Gasteiger partial charge in [-0.1, -0.05) is 17.3 Å². The van der Waals surface area contributed by atoms with Crippen LogP contribution in [0.25, 0.3) is 0 Å². The summed E-state index contributed by atoms with van der Waals surface area (Å²) in [6, 6.07) is 7.63. The molecular weight excluding hydrogens is 246 g/mol. The van der Waals surface area contributed by atoms with Crippen LogP contribution in [-0.4, -0.2) is 23.3 Å². The number of hydrogen-bond donors (Lipinski definition) is 1. The summed E-state index contributed by atoms with van der Waals surface area (Å²) < 4.78 is 9.58. The molecule has 2 aromatic rings. The van der Waals surface area contributed by atoms with Crippen molar-refractivity contribution in [2.75, 3.05) is 12.4 Å². The summed E-state index contributed by atoms with van der Waals surface area (Å²) in [5, 5.41) is 9.84. The second-order valence-electron chi connectivity index (χ2n) is 4.09. The Morgan fingerprint density at radius 3 is 2.63 bits per heavy atom. The van der Waals surface area contributed by atoms with Gasteiger partial charge in [0, 0.05) is 6.42 Å². The second-order valence-corrected chi connectivity index (χ2v) is 4.09. The van der Waals surface area contributed by atoms with Gasteiger partial charge < -0.3 is 10.1 Å². The lowest BCUT2D eigenvalue weighted by Gasteiger charge is -2.04. The van der Waals surface area contributed by atoms with Crippen molar-refractivity contribution in [1.82, 2.24) is 10.3 Å². The number of aryl methyl sites for hydroxylation is 2. The molecule has 2 rings (SSSR count). The average molecular weight is 261 g/mol. The van der Waals surface area contributed by atoms with E-state index in [4.69, 9.17) is 4.74 Å². The highest BCUT2D eigenvalue weighted by atomic mass is 16.6. The SMILES string of the molecule is COc1ccc(CCC(=O)Nc2nonc2C)cc1. The Balaban J connectivity index is 1.84. The van der Waals surface area contributed by atoms with E-state index in [-0.39, 0.29) is 5.91 Å². The van der Waals surface area contributed by atoms with Crippen molar-refractivity contribution >= 4 is 11.7 Å². The number of carbonyl (C=O) groups excluding carboxylic acids is 1. The summed E-state index contributed by atoms with van der Waals surface area (Å²) in [7, 11) is 1.62. The van der Waals surface area contributed by atoms with Crippen molar-refractivity contribution in [3.63, 3.8) is 0 Å². The molecule has 0 atom stereocenters. The van der Waals surface area contributed by atoms with Crippen LogP contribution in [0, 0.1) is 6.92 Å². The molecule has 0 aliphatic heterocycles. The zero-order valence-electron chi connectivity index (χ0n) is 10.8. The molecular formula is C13H15N3O3. The Morgan fingerprint density at radius 2 is 2.05 bits per heavy atom. The number of hydrogen-bond acceptors (Lipinski definition) is 5. The standard InChI is InChI=1S/C13H15N3O3/c1-9-13(16-19-15-9)14-12(17)8-5-10-3-6-11(18-2)7-4-10/h3-4,6-7H,5,8H2,1-2H3,(H,14,16,17). The van der Waals surface area contributed by atoms with E-state index < -0.39 is 0 Å². The van der Waals surface area contributed by atoms with Crippen LogP contribution in [-0.2, 0) is 11.2 Å². The van der Waals surface area contributed by atoms with Gasteiger partial charge in [0.2, 0.25) is 5.91 Å². The van der Waals surface area contributed by atoms with E-state index in [1.54, 1.807) is 14.0 Å². The van der Waals surface area contributed by atoms with E-state index in [0.717, 1.165) is 11.3 Å². The van der Waals surface area contributed by atoms with Gasteiger partial charge in [0.25, 0.3) is 0 Å². The van der Waals surface area contributed by atoms with Crippen molar-refractivity contribution in [1.29, 1.82) is 0 Å². The van der Waals surface area contributed by atoms with Gasteiger partial charge in [0.15, 0.2) is 5.82 Å². The topological polar surface area (TPSA) is 77.2 Å². The molecule has 0 bridgehead atoms. The highest BCUT2D eigenvalue weighted by Crippen LogP contribution is 2.13. The van der Waals surface area contributed by atoms with Crippen LogP contribution in [0.1, 0.15) is 17.7 Å². The highest BCUT2D eigenvalue weighted by molar-refractivity contribution is 5.90. The predicted molar refractivity (Wildman–Crippen MR) is 69.0 cm³/mol. The van der Waals surface area contributed by atoms with Crippen LogP contribution in [0.5, 0.6) is 5.75 Å². The number of ether oxygens (including phenoxy) is 1. The van der Waals surface area contributed by atoms with Gasteiger partial charge >= 0.3 is 0 Å². The van der Waals surface area contributed by atoms with Gasteiger partial charge in [-0.2, -0.15) is 0 Å². The van der Waals surface area contributed by atoms with E-state index >= 15 is 0 Å². The van der Waals surface area contributed by atoms with E-state index in [2.05, 4.69) is 20.3 Å². The monoisotopic (exact) mass is 261 g/mol. The van der Waals surface area contributed by atoms with E-state index in [0.29, 0.717) is 24.4 Å². The van der Waals surface area contributed by atoms with Crippen LogP contribution >= 0.6 is 0 Å². The summed E-state index contributed by atoms with van der Waals surface area (Å²) in [6.45, 7) is 1.72. The number of amides is 1. The maximum atomic E-state index is 11.7. The third kappa shape index (κ3) is 3.54. The summed E-state index contributed by atoms with van der Waals surface area (Å²) in [5.74, 6) is 1.06. The first-order valence-electron chi connectivity index (χ1n) is 5.91. The number of carbonyl (C=O) groups is 1. The fraction of sp³-hybridized carbons (Fsp3) is 0.308. The van der Waals surface area contributed by atoms with Gasteiger partial charge in [-0.25, -0.2) is 4.63 Å². The lowest BCUT2D eigenvalue weighted by molar-refractivity contribution is -0.116. The Hall–Kier alpha value is -2.37. The first kappa shape index (κ1) is 13.1. The molecule has 1 aromatic heterocycles. The zero-order valence-corrected chi connectivity index (χ0v) is 10.8. The van der Waals surface area contributed by atoms with Gasteiger partial charge in [-0.15, -0.1) is 0 Å². The summed E-state index contributed by atoms with van der Waals surface area (Å²) in [4.78, 5) is 11.7. The van der Waals surface area contributed by atoms with Gasteiger partial charge in [0.05, 0.1) is 7.11 Å². The Bertz CT molecular complexity index is 549. The molecule has 0 aliphatic rings. The molecule has 1 heterocycles. The van der Waals surface area contributed by atoms with Crippen molar-refractivity contribution < 1.29 is 14.2 Å². The molecule has 1 aromatic carbocycles. The number of anilines is 1. The zero-order chi connectivity index (χ0) is 13.7. The number of benzene rings is 1. The summed E-state index contributed by atoms with van der Waals surface area (Å²) in [5.41, 5.74) is 1.64. The first-order valence-corrected chi connectivity index (χ1v) is 5.91. The third-order valence-electron chi connectivity index (χ3n) is 2.71. The minimum Gasteiger partial charge on any atom is -0.497 e. The van der Waals surface area contributed by atoms with Crippen LogP contribution < -0.4 is 10.1 Å². The molecule has 19 heavy (non-hydrogen) atoms.